The predicted molar refractivity (Wildman–Crippen MR) is 67.1 cm³/mol. The van der Waals surface area contributed by atoms with Crippen molar-refractivity contribution in [1.82, 2.24) is 0 Å². The summed E-state index contributed by atoms with van der Waals surface area (Å²) in [6, 6.07) is 0. The van der Waals surface area contributed by atoms with Crippen LogP contribution in [0.25, 0.3) is 0 Å². The van der Waals surface area contributed by atoms with E-state index >= 15 is 0 Å². The molecule has 3 aliphatic rings. The van der Waals surface area contributed by atoms with Crippen LogP contribution >= 0.6 is 0 Å². The Labute approximate surface area is 111 Å². The minimum Gasteiger partial charge on any atom is -0.391 e. The molecule has 0 radical (unpaired) electrons. The number of ketones is 3. The first kappa shape index (κ1) is 12.7. The predicted octanol–water partition coefficient (Wildman–Crippen LogP) is 0.923. The monoisotopic (exact) mass is 262 g/mol. The van der Waals surface area contributed by atoms with Gasteiger partial charge in [0.25, 0.3) is 0 Å². The van der Waals surface area contributed by atoms with Crippen LogP contribution in [0.2, 0.25) is 0 Å². The van der Waals surface area contributed by atoms with Crippen molar-refractivity contribution in [3.05, 3.63) is 12.2 Å². The molecule has 6 unspecified atom stereocenters. The van der Waals surface area contributed by atoms with E-state index in [1.807, 2.05) is 13.0 Å². The number of carbonyl (C=O) groups is 3. The summed E-state index contributed by atoms with van der Waals surface area (Å²) in [6.45, 7) is 3.77. The van der Waals surface area contributed by atoms with Crippen LogP contribution in [-0.4, -0.2) is 28.6 Å². The molecule has 6 atom stereocenters. The lowest BCUT2D eigenvalue weighted by molar-refractivity contribution is -0.143. The SMILES string of the molecule is CC1CC2CC(=O)C(=O)C2C(O)C2(C)C(=O)C=CC12. The van der Waals surface area contributed by atoms with E-state index in [1.54, 1.807) is 6.92 Å². The smallest absolute Gasteiger partial charge is 0.204 e. The lowest BCUT2D eigenvalue weighted by Gasteiger charge is -2.36. The first-order valence-electron chi connectivity index (χ1n) is 6.85. The van der Waals surface area contributed by atoms with Gasteiger partial charge in [0.15, 0.2) is 11.6 Å². The van der Waals surface area contributed by atoms with Gasteiger partial charge >= 0.3 is 0 Å². The van der Waals surface area contributed by atoms with Gasteiger partial charge in [-0.25, -0.2) is 0 Å². The maximum atomic E-state index is 12.2. The van der Waals surface area contributed by atoms with Crippen LogP contribution in [0.3, 0.4) is 0 Å². The van der Waals surface area contributed by atoms with Crippen molar-refractivity contribution >= 4 is 17.3 Å². The van der Waals surface area contributed by atoms with Gasteiger partial charge in [-0.05, 0) is 37.2 Å². The van der Waals surface area contributed by atoms with Gasteiger partial charge in [0, 0.05) is 6.42 Å². The van der Waals surface area contributed by atoms with Gasteiger partial charge in [-0.3, -0.25) is 14.4 Å². The van der Waals surface area contributed by atoms with Crippen molar-refractivity contribution < 1.29 is 19.5 Å². The molecule has 0 aromatic rings. The van der Waals surface area contributed by atoms with Crippen LogP contribution in [-0.2, 0) is 14.4 Å². The van der Waals surface area contributed by atoms with E-state index in [0.29, 0.717) is 0 Å². The number of carbonyl (C=O) groups excluding carboxylic acids is 3. The molecule has 3 rings (SSSR count). The number of rotatable bonds is 0. The highest BCUT2D eigenvalue weighted by atomic mass is 16.3. The molecule has 4 heteroatoms. The molecule has 0 amide bonds. The highest BCUT2D eigenvalue weighted by molar-refractivity contribution is 6.40. The van der Waals surface area contributed by atoms with E-state index in [0.717, 1.165) is 6.42 Å². The zero-order valence-corrected chi connectivity index (χ0v) is 11.1. The maximum absolute atomic E-state index is 12.2. The molecule has 0 spiro atoms. The number of aliphatic hydroxyl groups excluding tert-OH is 1. The molecule has 0 saturated heterocycles. The second-order valence-corrected chi connectivity index (χ2v) is 6.47. The molecular weight excluding hydrogens is 244 g/mol. The Balaban J connectivity index is 2.08. The summed E-state index contributed by atoms with van der Waals surface area (Å²) in [4.78, 5) is 35.8. The largest absolute Gasteiger partial charge is 0.391 e. The molecule has 0 heterocycles. The summed E-state index contributed by atoms with van der Waals surface area (Å²) in [5.41, 5.74) is -0.945. The van der Waals surface area contributed by atoms with E-state index in [-0.39, 0.29) is 35.7 Å². The molecule has 19 heavy (non-hydrogen) atoms. The Bertz CT molecular complexity index is 506. The second kappa shape index (κ2) is 3.85. The second-order valence-electron chi connectivity index (χ2n) is 6.47. The fourth-order valence-corrected chi connectivity index (χ4v) is 4.35. The fraction of sp³-hybridized carbons (Fsp3) is 0.667. The Kier molecular flexibility index (Phi) is 2.58. The summed E-state index contributed by atoms with van der Waals surface area (Å²) in [5, 5.41) is 10.6. The lowest BCUT2D eigenvalue weighted by atomic mass is 9.67. The molecule has 0 aliphatic heterocycles. The highest BCUT2D eigenvalue weighted by Gasteiger charge is 2.60. The molecule has 2 saturated carbocycles. The Morgan fingerprint density at radius 1 is 1.32 bits per heavy atom. The van der Waals surface area contributed by atoms with Crippen LogP contribution in [0.4, 0.5) is 0 Å². The fourth-order valence-electron chi connectivity index (χ4n) is 4.35. The van der Waals surface area contributed by atoms with Gasteiger partial charge in [0.2, 0.25) is 5.78 Å². The standard InChI is InChI=1S/C15H18O4/c1-7-5-8-6-10(16)13(18)12(8)14(19)15(2)9(7)3-4-11(15)17/h3-4,7-9,12,14,19H,5-6H2,1-2H3. The molecule has 4 nitrogen and oxygen atoms in total. The summed E-state index contributed by atoms with van der Waals surface area (Å²) in [6.07, 6.45) is 3.28. The summed E-state index contributed by atoms with van der Waals surface area (Å²) < 4.78 is 0. The molecule has 2 fully saturated rings. The minimum absolute atomic E-state index is 0.0384. The first-order valence-corrected chi connectivity index (χ1v) is 6.85. The van der Waals surface area contributed by atoms with Crippen molar-refractivity contribution in [3.63, 3.8) is 0 Å². The third-order valence-electron chi connectivity index (χ3n) is 5.45. The molecule has 3 aliphatic carbocycles. The maximum Gasteiger partial charge on any atom is 0.204 e. The van der Waals surface area contributed by atoms with Gasteiger partial charge in [-0.1, -0.05) is 13.0 Å². The zero-order valence-electron chi connectivity index (χ0n) is 11.1. The van der Waals surface area contributed by atoms with E-state index in [4.69, 9.17) is 0 Å². The lowest BCUT2D eigenvalue weighted by Crippen LogP contribution is -2.47. The average Bonchev–Trinajstić information content (AvgIpc) is 2.77. The van der Waals surface area contributed by atoms with Crippen molar-refractivity contribution in [2.75, 3.05) is 0 Å². The Morgan fingerprint density at radius 2 is 2.00 bits per heavy atom. The average molecular weight is 262 g/mol. The third-order valence-corrected chi connectivity index (χ3v) is 5.45. The van der Waals surface area contributed by atoms with Crippen molar-refractivity contribution in [2.45, 2.75) is 32.8 Å². The van der Waals surface area contributed by atoms with Gasteiger partial charge in [0.05, 0.1) is 17.4 Å². The highest BCUT2D eigenvalue weighted by Crippen LogP contribution is 2.53. The summed E-state index contributed by atoms with van der Waals surface area (Å²) >= 11 is 0. The first-order chi connectivity index (χ1) is 8.87. The molecule has 102 valence electrons. The Morgan fingerprint density at radius 3 is 2.68 bits per heavy atom. The number of fused-ring (bicyclic) bond motifs is 2. The van der Waals surface area contributed by atoms with Gasteiger partial charge < -0.3 is 5.11 Å². The number of hydrogen-bond donors (Lipinski definition) is 1. The molecule has 0 aromatic heterocycles. The normalized spacial score (nSPS) is 49.2. The number of hydrogen-bond acceptors (Lipinski definition) is 4. The molecular formula is C15H18O4. The van der Waals surface area contributed by atoms with E-state index < -0.39 is 23.2 Å². The van der Waals surface area contributed by atoms with Crippen LogP contribution < -0.4 is 0 Å². The summed E-state index contributed by atoms with van der Waals surface area (Å²) in [7, 11) is 0. The molecule has 0 aromatic carbocycles. The van der Waals surface area contributed by atoms with Gasteiger partial charge in [0.1, 0.15) is 0 Å². The van der Waals surface area contributed by atoms with E-state index in [2.05, 4.69) is 0 Å². The van der Waals surface area contributed by atoms with Gasteiger partial charge in [-0.15, -0.1) is 0 Å². The number of allylic oxidation sites excluding steroid dienone is 2. The molecule has 0 bridgehead atoms. The van der Waals surface area contributed by atoms with Crippen molar-refractivity contribution in [3.8, 4) is 0 Å². The Hall–Kier alpha value is -1.29. The third kappa shape index (κ3) is 1.46. The number of Topliss-reactive ketones (excluding diaryl/α,β-unsaturated/α-hetero) is 2. The van der Waals surface area contributed by atoms with Crippen molar-refractivity contribution in [1.29, 1.82) is 0 Å². The van der Waals surface area contributed by atoms with Crippen LogP contribution in [0.1, 0.15) is 26.7 Å². The van der Waals surface area contributed by atoms with Crippen molar-refractivity contribution in [2.24, 2.45) is 29.1 Å². The van der Waals surface area contributed by atoms with Crippen LogP contribution in [0, 0.1) is 29.1 Å². The van der Waals surface area contributed by atoms with Gasteiger partial charge in [-0.2, -0.15) is 0 Å². The van der Waals surface area contributed by atoms with E-state index in [1.165, 1.54) is 6.08 Å². The number of aliphatic hydroxyl groups is 1. The zero-order chi connectivity index (χ0) is 13.9. The topological polar surface area (TPSA) is 71.4 Å². The minimum atomic E-state index is -1.05. The quantitative estimate of drug-likeness (QED) is 0.659. The van der Waals surface area contributed by atoms with Crippen LogP contribution in [0.5, 0.6) is 0 Å². The van der Waals surface area contributed by atoms with Crippen LogP contribution in [0.15, 0.2) is 12.2 Å². The van der Waals surface area contributed by atoms with E-state index in [9.17, 15) is 19.5 Å². The summed E-state index contributed by atoms with van der Waals surface area (Å²) in [5.74, 6) is -1.63. The molecule has 1 N–H and O–H groups in total.